The fraction of sp³-hybridized carbons (Fsp3) is 0.0714. The van der Waals surface area contributed by atoms with E-state index in [0.29, 0.717) is 13.2 Å². The van der Waals surface area contributed by atoms with E-state index in [1.165, 1.54) is 0 Å². The first-order chi connectivity index (χ1) is 15.4. The van der Waals surface area contributed by atoms with Gasteiger partial charge in [-0.05, 0) is 41.5 Å². The second kappa shape index (κ2) is 10.7. The van der Waals surface area contributed by atoms with Crippen LogP contribution < -0.4 is 9.47 Å². The Kier molecular flexibility index (Phi) is 7.01. The van der Waals surface area contributed by atoms with Crippen molar-refractivity contribution < 1.29 is 13.9 Å². The lowest BCUT2D eigenvalue weighted by molar-refractivity contribution is 0.289. The maximum absolute atomic E-state index is 6.14. The molecular formula is C28H24O3. The standard InChI is InChI=1S/C28H24O3/c1-3-10-23(11-4-1)21-30-27-18-17-25(14-7-8-15-26-16-9-19-29-26)28(20-27)31-22-24-12-5-2-6-13-24/h1-20H,21-22H2/b14-7+,15-8+. The summed E-state index contributed by atoms with van der Waals surface area (Å²) >= 11 is 0. The van der Waals surface area contributed by atoms with E-state index >= 15 is 0 Å². The topological polar surface area (TPSA) is 31.6 Å². The summed E-state index contributed by atoms with van der Waals surface area (Å²) in [7, 11) is 0. The lowest BCUT2D eigenvalue weighted by Crippen LogP contribution is -1.99. The molecule has 0 fully saturated rings. The van der Waals surface area contributed by atoms with Crippen molar-refractivity contribution in [1.82, 2.24) is 0 Å². The first-order valence-electron chi connectivity index (χ1n) is 10.2. The summed E-state index contributed by atoms with van der Waals surface area (Å²) in [5, 5.41) is 0. The Morgan fingerprint density at radius 2 is 1.32 bits per heavy atom. The molecule has 0 aliphatic heterocycles. The van der Waals surface area contributed by atoms with E-state index in [1.54, 1.807) is 6.26 Å². The molecule has 4 aromatic rings. The average molecular weight is 408 g/mol. The molecule has 154 valence electrons. The number of furan rings is 1. The van der Waals surface area contributed by atoms with Gasteiger partial charge in [0.1, 0.15) is 30.5 Å². The van der Waals surface area contributed by atoms with Gasteiger partial charge in [0.25, 0.3) is 0 Å². The molecule has 0 radical (unpaired) electrons. The molecule has 31 heavy (non-hydrogen) atoms. The minimum absolute atomic E-state index is 0.492. The van der Waals surface area contributed by atoms with Crippen molar-refractivity contribution in [1.29, 1.82) is 0 Å². The Hall–Kier alpha value is -3.98. The molecule has 0 aliphatic rings. The van der Waals surface area contributed by atoms with E-state index in [4.69, 9.17) is 13.9 Å². The van der Waals surface area contributed by atoms with E-state index in [-0.39, 0.29) is 0 Å². The van der Waals surface area contributed by atoms with Crippen molar-refractivity contribution >= 4 is 12.2 Å². The summed E-state index contributed by atoms with van der Waals surface area (Å²) in [6, 6.07) is 30.0. The van der Waals surface area contributed by atoms with Crippen LogP contribution in [0.25, 0.3) is 12.2 Å². The Balaban J connectivity index is 1.49. The summed E-state index contributed by atoms with van der Waals surface area (Å²) in [6.07, 6.45) is 9.50. The van der Waals surface area contributed by atoms with E-state index < -0.39 is 0 Å². The smallest absolute Gasteiger partial charge is 0.130 e. The van der Waals surface area contributed by atoms with Crippen molar-refractivity contribution in [2.24, 2.45) is 0 Å². The molecule has 0 bridgehead atoms. The summed E-state index contributed by atoms with van der Waals surface area (Å²) in [5.41, 5.74) is 3.22. The van der Waals surface area contributed by atoms with Gasteiger partial charge in [-0.3, -0.25) is 0 Å². The van der Waals surface area contributed by atoms with Crippen LogP contribution in [-0.2, 0) is 13.2 Å². The Labute approximate surface area is 182 Å². The number of ether oxygens (including phenoxy) is 2. The van der Waals surface area contributed by atoms with Gasteiger partial charge < -0.3 is 13.9 Å². The summed E-state index contributed by atoms with van der Waals surface area (Å²) < 4.78 is 17.4. The van der Waals surface area contributed by atoms with Crippen LogP contribution in [-0.4, -0.2) is 0 Å². The molecule has 0 saturated carbocycles. The molecule has 0 atom stereocenters. The molecule has 4 rings (SSSR count). The number of rotatable bonds is 9. The number of hydrogen-bond acceptors (Lipinski definition) is 3. The SMILES string of the molecule is C(/C=C/c1ccc(OCc2ccccc2)cc1OCc1ccccc1)=C\c1ccco1. The fourth-order valence-corrected chi connectivity index (χ4v) is 3.04. The van der Waals surface area contributed by atoms with E-state index in [0.717, 1.165) is 33.9 Å². The van der Waals surface area contributed by atoms with Gasteiger partial charge in [0.05, 0.1) is 6.26 Å². The second-order valence-corrected chi connectivity index (χ2v) is 6.98. The summed E-state index contributed by atoms with van der Waals surface area (Å²) in [5.74, 6) is 2.36. The van der Waals surface area contributed by atoms with E-state index in [2.05, 4.69) is 24.3 Å². The Morgan fingerprint density at radius 1 is 0.645 bits per heavy atom. The average Bonchev–Trinajstić information content (AvgIpc) is 3.35. The third kappa shape index (κ3) is 6.25. The first kappa shape index (κ1) is 20.3. The number of hydrogen-bond donors (Lipinski definition) is 0. The maximum Gasteiger partial charge on any atom is 0.130 e. The molecule has 0 amide bonds. The highest BCUT2D eigenvalue weighted by Crippen LogP contribution is 2.28. The van der Waals surface area contributed by atoms with Crippen LogP contribution in [0.1, 0.15) is 22.5 Å². The van der Waals surface area contributed by atoms with Gasteiger partial charge in [-0.1, -0.05) is 78.9 Å². The molecule has 3 heteroatoms. The highest BCUT2D eigenvalue weighted by Gasteiger charge is 2.05. The molecule has 1 aromatic heterocycles. The molecule has 3 nitrogen and oxygen atoms in total. The number of benzene rings is 3. The van der Waals surface area contributed by atoms with Crippen LogP contribution in [0.15, 0.2) is 114 Å². The highest BCUT2D eigenvalue weighted by atomic mass is 16.5. The van der Waals surface area contributed by atoms with Gasteiger partial charge in [-0.15, -0.1) is 0 Å². The van der Waals surface area contributed by atoms with E-state index in [9.17, 15) is 0 Å². The minimum Gasteiger partial charge on any atom is -0.489 e. The van der Waals surface area contributed by atoms with Crippen LogP contribution >= 0.6 is 0 Å². The molecule has 1 heterocycles. The van der Waals surface area contributed by atoms with Crippen molar-refractivity contribution in [2.45, 2.75) is 13.2 Å². The largest absolute Gasteiger partial charge is 0.489 e. The number of allylic oxidation sites excluding steroid dienone is 2. The van der Waals surface area contributed by atoms with Crippen molar-refractivity contribution in [3.63, 3.8) is 0 Å². The molecule has 0 aliphatic carbocycles. The predicted molar refractivity (Wildman–Crippen MR) is 125 cm³/mol. The van der Waals surface area contributed by atoms with Crippen molar-refractivity contribution in [2.75, 3.05) is 0 Å². The lowest BCUT2D eigenvalue weighted by atomic mass is 10.1. The third-order valence-electron chi connectivity index (χ3n) is 4.66. The fourth-order valence-electron chi connectivity index (χ4n) is 3.04. The van der Waals surface area contributed by atoms with Crippen LogP contribution in [0, 0.1) is 0 Å². The zero-order chi connectivity index (χ0) is 21.1. The molecule has 3 aromatic carbocycles. The van der Waals surface area contributed by atoms with Crippen LogP contribution in [0.5, 0.6) is 11.5 Å². The Bertz CT molecular complexity index is 1110. The van der Waals surface area contributed by atoms with Gasteiger partial charge in [-0.2, -0.15) is 0 Å². The third-order valence-corrected chi connectivity index (χ3v) is 4.66. The van der Waals surface area contributed by atoms with Gasteiger partial charge >= 0.3 is 0 Å². The van der Waals surface area contributed by atoms with Crippen LogP contribution in [0.2, 0.25) is 0 Å². The minimum atomic E-state index is 0.492. The van der Waals surface area contributed by atoms with Crippen molar-refractivity contribution in [3.05, 3.63) is 132 Å². The second-order valence-electron chi connectivity index (χ2n) is 6.98. The predicted octanol–water partition coefficient (Wildman–Crippen LogP) is 7.16. The molecular weight excluding hydrogens is 384 g/mol. The molecule has 0 unspecified atom stereocenters. The molecule has 0 N–H and O–H groups in total. The van der Waals surface area contributed by atoms with Crippen LogP contribution in [0.3, 0.4) is 0 Å². The zero-order valence-electron chi connectivity index (χ0n) is 17.2. The monoisotopic (exact) mass is 408 g/mol. The maximum atomic E-state index is 6.14. The van der Waals surface area contributed by atoms with E-state index in [1.807, 2.05) is 91.0 Å². The Morgan fingerprint density at radius 3 is 2.00 bits per heavy atom. The molecule has 0 spiro atoms. The van der Waals surface area contributed by atoms with Crippen LogP contribution in [0.4, 0.5) is 0 Å². The van der Waals surface area contributed by atoms with Crippen molar-refractivity contribution in [3.8, 4) is 11.5 Å². The molecule has 0 saturated heterocycles. The lowest BCUT2D eigenvalue weighted by Gasteiger charge is -2.13. The zero-order valence-corrected chi connectivity index (χ0v) is 17.2. The van der Waals surface area contributed by atoms with Gasteiger partial charge in [0, 0.05) is 11.6 Å². The van der Waals surface area contributed by atoms with Gasteiger partial charge in [-0.25, -0.2) is 0 Å². The van der Waals surface area contributed by atoms with Gasteiger partial charge in [0.2, 0.25) is 0 Å². The van der Waals surface area contributed by atoms with Gasteiger partial charge in [0.15, 0.2) is 0 Å². The summed E-state index contributed by atoms with van der Waals surface area (Å²) in [4.78, 5) is 0. The summed E-state index contributed by atoms with van der Waals surface area (Å²) in [6.45, 7) is 1.01. The normalized spacial score (nSPS) is 11.2. The highest BCUT2D eigenvalue weighted by molar-refractivity contribution is 5.62. The first-order valence-corrected chi connectivity index (χ1v) is 10.2. The quantitative estimate of drug-likeness (QED) is 0.275.